The minimum absolute atomic E-state index is 0.372. The minimum atomic E-state index is 0.372. The van der Waals surface area contributed by atoms with Crippen LogP contribution in [0, 0.1) is 0 Å². The summed E-state index contributed by atoms with van der Waals surface area (Å²) in [5.41, 5.74) is 2.26. The molecule has 0 fully saturated rings. The van der Waals surface area contributed by atoms with Gasteiger partial charge in [0.25, 0.3) is 0 Å². The van der Waals surface area contributed by atoms with Crippen LogP contribution in [0.4, 0.5) is 0 Å². The van der Waals surface area contributed by atoms with Gasteiger partial charge in [0.2, 0.25) is 0 Å². The number of fused-ring (bicyclic) bond motifs is 1. The van der Waals surface area contributed by atoms with Crippen molar-refractivity contribution in [3.63, 3.8) is 0 Å². The number of H-pyrrole nitrogens is 1. The van der Waals surface area contributed by atoms with Crippen LogP contribution in [0.15, 0.2) is 30.5 Å². The number of hydrogen-bond donors (Lipinski definition) is 2. The Morgan fingerprint density at radius 2 is 2.25 bits per heavy atom. The van der Waals surface area contributed by atoms with E-state index in [1.54, 1.807) is 0 Å². The van der Waals surface area contributed by atoms with Gasteiger partial charge >= 0.3 is 0 Å². The summed E-state index contributed by atoms with van der Waals surface area (Å²) in [6, 6.07) is 6.27. The summed E-state index contributed by atoms with van der Waals surface area (Å²) in [5.74, 6) is 0. The van der Waals surface area contributed by atoms with Crippen molar-refractivity contribution >= 4 is 28.6 Å². The summed E-state index contributed by atoms with van der Waals surface area (Å²) >= 11 is 5.93. The smallest absolute Gasteiger partial charge is 0.0475 e. The largest absolute Gasteiger partial charge is 0.361 e. The van der Waals surface area contributed by atoms with E-state index in [9.17, 15) is 0 Å². The van der Waals surface area contributed by atoms with Crippen molar-refractivity contribution in [3.05, 3.63) is 41.1 Å². The molecule has 3 heteroatoms. The van der Waals surface area contributed by atoms with Crippen molar-refractivity contribution in [2.45, 2.75) is 13.0 Å². The average Bonchev–Trinajstić information content (AvgIpc) is 2.68. The highest BCUT2D eigenvalue weighted by molar-refractivity contribution is 6.31. The van der Waals surface area contributed by atoms with Crippen molar-refractivity contribution in [3.8, 4) is 0 Å². The second-order valence-corrected chi connectivity index (χ2v) is 4.31. The van der Waals surface area contributed by atoms with E-state index < -0.39 is 0 Å². The van der Waals surface area contributed by atoms with Gasteiger partial charge in [-0.1, -0.05) is 29.8 Å². The van der Waals surface area contributed by atoms with Crippen LogP contribution in [0.2, 0.25) is 5.02 Å². The van der Waals surface area contributed by atoms with Gasteiger partial charge in [-0.2, -0.15) is 0 Å². The summed E-state index contributed by atoms with van der Waals surface area (Å²) in [4.78, 5) is 3.21. The number of halogens is 1. The normalized spacial score (nSPS) is 13.7. The van der Waals surface area contributed by atoms with Crippen LogP contribution in [-0.2, 0) is 0 Å². The molecule has 0 radical (unpaired) electrons. The lowest BCUT2D eigenvalue weighted by Gasteiger charge is -2.01. The van der Waals surface area contributed by atoms with Crippen LogP contribution < -0.4 is 5.32 Å². The highest BCUT2D eigenvalue weighted by Crippen LogP contribution is 2.22. The maximum Gasteiger partial charge on any atom is 0.0475 e. The molecule has 1 unspecified atom stereocenters. The van der Waals surface area contributed by atoms with Crippen LogP contribution in [0.3, 0.4) is 0 Å². The quantitative estimate of drug-likeness (QED) is 0.837. The number of likely N-dealkylation sites (N-methyl/N-ethyl adjacent to an activating group) is 1. The van der Waals surface area contributed by atoms with Gasteiger partial charge in [0.1, 0.15) is 0 Å². The number of aromatic nitrogens is 1. The lowest BCUT2D eigenvalue weighted by molar-refractivity contribution is 0.731. The summed E-state index contributed by atoms with van der Waals surface area (Å²) in [6.45, 7) is 2.11. The van der Waals surface area contributed by atoms with E-state index in [0.29, 0.717) is 6.04 Å². The Labute approximate surface area is 100 Å². The molecule has 0 aliphatic carbocycles. The number of aromatic amines is 1. The fourth-order valence-electron chi connectivity index (χ4n) is 1.60. The number of nitrogens with one attached hydrogen (secondary N) is 2. The first-order chi connectivity index (χ1) is 7.70. The van der Waals surface area contributed by atoms with Crippen molar-refractivity contribution in [1.29, 1.82) is 0 Å². The highest BCUT2D eigenvalue weighted by Gasteiger charge is 2.01. The van der Waals surface area contributed by atoms with Crippen molar-refractivity contribution in [1.82, 2.24) is 10.3 Å². The lowest BCUT2D eigenvalue weighted by atomic mass is 10.1. The van der Waals surface area contributed by atoms with Gasteiger partial charge in [-0.15, -0.1) is 0 Å². The van der Waals surface area contributed by atoms with E-state index in [1.807, 2.05) is 31.4 Å². The molecule has 1 heterocycles. The molecule has 0 aliphatic heterocycles. The van der Waals surface area contributed by atoms with Crippen molar-refractivity contribution in [2.75, 3.05) is 7.05 Å². The second kappa shape index (κ2) is 4.73. The standard InChI is InChI=1S/C13H15ClN2/c1-9(15-2)3-4-10-8-16-13-7-11(14)5-6-12(10)13/h3-9,15-16H,1-2H3/b4-3+. The first kappa shape index (κ1) is 11.2. The third-order valence-electron chi connectivity index (χ3n) is 2.70. The number of rotatable bonds is 3. The van der Waals surface area contributed by atoms with Gasteiger partial charge in [0.05, 0.1) is 0 Å². The van der Waals surface area contributed by atoms with Crippen LogP contribution in [-0.4, -0.2) is 18.1 Å². The zero-order valence-electron chi connectivity index (χ0n) is 9.42. The van der Waals surface area contributed by atoms with Gasteiger partial charge in [-0.3, -0.25) is 0 Å². The molecule has 0 saturated heterocycles. The van der Waals surface area contributed by atoms with E-state index in [2.05, 4.69) is 29.4 Å². The molecule has 16 heavy (non-hydrogen) atoms. The summed E-state index contributed by atoms with van der Waals surface area (Å²) in [6.07, 6.45) is 6.25. The Kier molecular flexibility index (Phi) is 3.32. The van der Waals surface area contributed by atoms with E-state index in [4.69, 9.17) is 11.6 Å². The van der Waals surface area contributed by atoms with Gasteiger partial charge in [-0.05, 0) is 31.7 Å². The number of hydrogen-bond acceptors (Lipinski definition) is 1. The van der Waals surface area contributed by atoms with Gasteiger partial charge in [0, 0.05) is 28.2 Å². The molecule has 2 rings (SSSR count). The lowest BCUT2D eigenvalue weighted by Crippen LogP contribution is -2.17. The predicted molar refractivity (Wildman–Crippen MR) is 70.9 cm³/mol. The molecule has 2 aromatic rings. The Balaban J connectivity index is 2.35. The molecule has 0 bridgehead atoms. The van der Waals surface area contributed by atoms with E-state index >= 15 is 0 Å². The fraction of sp³-hybridized carbons (Fsp3) is 0.231. The SMILES string of the molecule is CNC(C)/C=C/c1c[nH]c2cc(Cl)ccc12. The minimum Gasteiger partial charge on any atom is -0.361 e. The maximum absolute atomic E-state index is 5.93. The molecule has 0 saturated carbocycles. The van der Waals surface area contributed by atoms with Crippen LogP contribution in [0.1, 0.15) is 12.5 Å². The van der Waals surface area contributed by atoms with Gasteiger partial charge < -0.3 is 10.3 Å². The molecule has 1 aromatic heterocycles. The van der Waals surface area contributed by atoms with Crippen molar-refractivity contribution < 1.29 is 0 Å². The monoisotopic (exact) mass is 234 g/mol. The molecule has 2 nitrogen and oxygen atoms in total. The summed E-state index contributed by atoms with van der Waals surface area (Å²) in [5, 5.41) is 5.12. The molecular formula is C13H15ClN2. The van der Waals surface area contributed by atoms with Gasteiger partial charge in [-0.25, -0.2) is 0 Å². The maximum atomic E-state index is 5.93. The van der Waals surface area contributed by atoms with Crippen molar-refractivity contribution in [2.24, 2.45) is 0 Å². The Morgan fingerprint density at radius 1 is 1.44 bits per heavy atom. The summed E-state index contributed by atoms with van der Waals surface area (Å²) in [7, 11) is 1.95. The predicted octanol–water partition coefficient (Wildman–Crippen LogP) is 3.44. The zero-order valence-corrected chi connectivity index (χ0v) is 10.2. The molecule has 0 spiro atoms. The molecule has 1 aromatic carbocycles. The Hall–Kier alpha value is -1.25. The van der Waals surface area contributed by atoms with E-state index in [1.165, 1.54) is 10.9 Å². The molecule has 0 aliphatic rings. The average molecular weight is 235 g/mol. The topological polar surface area (TPSA) is 27.8 Å². The Bertz CT molecular complexity index is 514. The third kappa shape index (κ3) is 2.29. The second-order valence-electron chi connectivity index (χ2n) is 3.87. The zero-order chi connectivity index (χ0) is 11.5. The molecule has 84 valence electrons. The fourth-order valence-corrected chi connectivity index (χ4v) is 1.78. The van der Waals surface area contributed by atoms with Crippen LogP contribution in [0.5, 0.6) is 0 Å². The van der Waals surface area contributed by atoms with Gasteiger partial charge in [0.15, 0.2) is 0 Å². The van der Waals surface area contributed by atoms with E-state index in [-0.39, 0.29) is 0 Å². The Morgan fingerprint density at radius 3 is 3.00 bits per heavy atom. The highest BCUT2D eigenvalue weighted by atomic mass is 35.5. The number of benzene rings is 1. The molecule has 2 N–H and O–H groups in total. The summed E-state index contributed by atoms with van der Waals surface area (Å²) < 4.78 is 0. The molecule has 1 atom stereocenters. The van der Waals surface area contributed by atoms with Crippen LogP contribution >= 0.6 is 11.6 Å². The first-order valence-corrected chi connectivity index (χ1v) is 5.70. The first-order valence-electron chi connectivity index (χ1n) is 5.33. The molecule has 0 amide bonds. The molecular weight excluding hydrogens is 220 g/mol. The van der Waals surface area contributed by atoms with E-state index in [0.717, 1.165) is 10.5 Å². The van der Waals surface area contributed by atoms with Crippen LogP contribution in [0.25, 0.3) is 17.0 Å². The third-order valence-corrected chi connectivity index (χ3v) is 2.93.